The van der Waals surface area contributed by atoms with Crippen LogP contribution in [-0.4, -0.2) is 60.7 Å². The number of methoxy groups -OCH3 is 1. The molecule has 0 radical (unpaired) electrons. The summed E-state index contributed by atoms with van der Waals surface area (Å²) in [6, 6.07) is 8.62. The third kappa shape index (κ3) is 5.20. The fourth-order valence-corrected chi connectivity index (χ4v) is 3.16. The Kier molecular flexibility index (Phi) is 6.28. The molecule has 2 aromatic rings. The molecule has 8 nitrogen and oxygen atoms in total. The van der Waals surface area contributed by atoms with E-state index in [0.29, 0.717) is 23.7 Å². The van der Waals surface area contributed by atoms with Crippen LogP contribution in [0.3, 0.4) is 0 Å². The summed E-state index contributed by atoms with van der Waals surface area (Å²) in [5, 5.41) is 0. The van der Waals surface area contributed by atoms with E-state index < -0.39 is 11.5 Å². The Bertz CT molecular complexity index is 877. The van der Waals surface area contributed by atoms with Crippen molar-refractivity contribution in [2.75, 3.05) is 33.4 Å². The van der Waals surface area contributed by atoms with Crippen LogP contribution in [0.5, 0.6) is 11.6 Å². The number of primary amides is 1. The molecule has 0 saturated carbocycles. The van der Waals surface area contributed by atoms with E-state index in [2.05, 4.69) is 4.98 Å². The Morgan fingerprint density at radius 1 is 1.31 bits per heavy atom. The topological polar surface area (TPSA) is 104 Å². The molecule has 9 heteroatoms. The van der Waals surface area contributed by atoms with Crippen molar-refractivity contribution in [3.05, 3.63) is 54.0 Å². The number of pyridine rings is 1. The van der Waals surface area contributed by atoms with Crippen molar-refractivity contribution in [1.82, 2.24) is 9.88 Å². The second-order valence-electron chi connectivity index (χ2n) is 6.73. The normalized spacial score (nSPS) is 18.9. The minimum atomic E-state index is -1.11. The number of halogens is 1. The molecule has 1 aliphatic heterocycles. The fraction of sp³-hybridized carbons (Fsp3) is 0.350. The Morgan fingerprint density at radius 2 is 2.07 bits per heavy atom. The number of ether oxygens (including phenoxy) is 3. The zero-order chi connectivity index (χ0) is 20.9. The standard InChI is InChI=1S/C20H22FN3O5/c1-27-18-10-14(6-7-23-18)19(26)24-8-9-29-20(12-24,11-17(22)25)13-28-16-4-2-15(21)3-5-16/h2-7,10H,8-9,11-13H2,1H3,(H2,22,25). The van der Waals surface area contributed by atoms with Crippen molar-refractivity contribution in [1.29, 1.82) is 0 Å². The lowest BCUT2D eigenvalue weighted by atomic mass is 9.97. The van der Waals surface area contributed by atoms with Crippen molar-refractivity contribution in [2.45, 2.75) is 12.0 Å². The summed E-state index contributed by atoms with van der Waals surface area (Å²) in [6.07, 6.45) is 1.36. The van der Waals surface area contributed by atoms with E-state index in [-0.39, 0.29) is 37.9 Å². The summed E-state index contributed by atoms with van der Waals surface area (Å²) >= 11 is 0. The minimum absolute atomic E-state index is 0.0228. The van der Waals surface area contributed by atoms with Crippen LogP contribution in [-0.2, 0) is 9.53 Å². The second kappa shape index (κ2) is 8.87. The van der Waals surface area contributed by atoms with Crippen molar-refractivity contribution in [3.8, 4) is 11.6 Å². The lowest BCUT2D eigenvalue weighted by Crippen LogP contribution is -2.58. The molecule has 29 heavy (non-hydrogen) atoms. The van der Waals surface area contributed by atoms with E-state index in [1.807, 2.05) is 0 Å². The molecule has 1 atom stereocenters. The van der Waals surface area contributed by atoms with E-state index in [4.69, 9.17) is 19.9 Å². The van der Waals surface area contributed by atoms with Crippen LogP contribution in [0.15, 0.2) is 42.6 Å². The van der Waals surface area contributed by atoms with Gasteiger partial charge in [0.2, 0.25) is 11.8 Å². The van der Waals surface area contributed by atoms with Crippen LogP contribution in [0.4, 0.5) is 4.39 Å². The number of nitrogens with two attached hydrogens (primary N) is 1. The summed E-state index contributed by atoms with van der Waals surface area (Å²) in [4.78, 5) is 30.2. The van der Waals surface area contributed by atoms with Gasteiger partial charge in [-0.1, -0.05) is 0 Å². The van der Waals surface area contributed by atoms with E-state index in [0.717, 1.165) is 0 Å². The molecular weight excluding hydrogens is 381 g/mol. The quantitative estimate of drug-likeness (QED) is 0.749. The van der Waals surface area contributed by atoms with Gasteiger partial charge in [0, 0.05) is 24.4 Å². The summed E-state index contributed by atoms with van der Waals surface area (Å²) < 4.78 is 29.7. The van der Waals surface area contributed by atoms with E-state index in [9.17, 15) is 14.0 Å². The number of hydrogen-bond donors (Lipinski definition) is 1. The first-order valence-electron chi connectivity index (χ1n) is 9.01. The van der Waals surface area contributed by atoms with Gasteiger partial charge in [-0.2, -0.15) is 0 Å². The van der Waals surface area contributed by atoms with Gasteiger partial charge in [-0.15, -0.1) is 0 Å². The van der Waals surface area contributed by atoms with Gasteiger partial charge in [0.05, 0.1) is 26.7 Å². The first kappa shape index (κ1) is 20.5. The molecule has 1 aromatic heterocycles. The average Bonchev–Trinajstić information content (AvgIpc) is 2.72. The molecule has 3 rings (SSSR count). The third-order valence-corrected chi connectivity index (χ3v) is 4.54. The monoisotopic (exact) mass is 403 g/mol. The van der Waals surface area contributed by atoms with Crippen LogP contribution >= 0.6 is 0 Å². The lowest BCUT2D eigenvalue weighted by Gasteiger charge is -2.42. The predicted molar refractivity (Wildman–Crippen MR) is 101 cm³/mol. The van der Waals surface area contributed by atoms with Crippen LogP contribution in [0.1, 0.15) is 16.8 Å². The number of morpholine rings is 1. The predicted octanol–water partition coefficient (Wildman–Crippen LogP) is 1.39. The van der Waals surface area contributed by atoms with E-state index >= 15 is 0 Å². The van der Waals surface area contributed by atoms with Gasteiger partial charge in [0.1, 0.15) is 23.8 Å². The average molecular weight is 403 g/mol. The van der Waals surface area contributed by atoms with Gasteiger partial charge in [0.15, 0.2) is 0 Å². The molecule has 1 aliphatic rings. The van der Waals surface area contributed by atoms with Crippen molar-refractivity contribution in [2.24, 2.45) is 5.73 Å². The molecule has 0 aliphatic carbocycles. The Morgan fingerprint density at radius 3 is 2.76 bits per heavy atom. The molecule has 1 saturated heterocycles. The first-order chi connectivity index (χ1) is 13.9. The third-order valence-electron chi connectivity index (χ3n) is 4.54. The molecule has 2 N–H and O–H groups in total. The van der Waals surface area contributed by atoms with Gasteiger partial charge >= 0.3 is 0 Å². The highest BCUT2D eigenvalue weighted by atomic mass is 19.1. The number of carbonyl (C=O) groups is 2. The van der Waals surface area contributed by atoms with E-state index in [1.165, 1.54) is 37.6 Å². The number of nitrogens with zero attached hydrogens (tertiary/aromatic N) is 2. The molecule has 1 aromatic carbocycles. The molecule has 1 unspecified atom stereocenters. The summed E-state index contributed by atoms with van der Waals surface area (Å²) in [5.74, 6) is -0.465. The highest BCUT2D eigenvalue weighted by Crippen LogP contribution is 2.26. The van der Waals surface area contributed by atoms with Gasteiger partial charge in [-0.25, -0.2) is 9.37 Å². The molecule has 154 valence electrons. The smallest absolute Gasteiger partial charge is 0.254 e. The first-order valence-corrected chi connectivity index (χ1v) is 9.01. The minimum Gasteiger partial charge on any atom is -0.490 e. The van der Waals surface area contributed by atoms with Crippen LogP contribution < -0.4 is 15.2 Å². The Balaban J connectivity index is 1.76. The van der Waals surface area contributed by atoms with Gasteiger partial charge < -0.3 is 24.8 Å². The second-order valence-corrected chi connectivity index (χ2v) is 6.73. The molecule has 2 amide bonds. The largest absolute Gasteiger partial charge is 0.490 e. The Hall–Kier alpha value is -3.20. The van der Waals surface area contributed by atoms with Gasteiger partial charge in [0.25, 0.3) is 5.91 Å². The number of hydrogen-bond acceptors (Lipinski definition) is 6. The number of benzene rings is 1. The molecular formula is C20H22FN3O5. The maximum absolute atomic E-state index is 13.1. The highest BCUT2D eigenvalue weighted by molar-refractivity contribution is 5.94. The van der Waals surface area contributed by atoms with Gasteiger partial charge in [-0.3, -0.25) is 9.59 Å². The Labute approximate surface area is 167 Å². The maximum Gasteiger partial charge on any atom is 0.254 e. The molecule has 0 spiro atoms. The highest BCUT2D eigenvalue weighted by Gasteiger charge is 2.41. The number of carbonyl (C=O) groups excluding carboxylic acids is 2. The molecule has 2 heterocycles. The maximum atomic E-state index is 13.1. The summed E-state index contributed by atoms with van der Waals surface area (Å²) in [7, 11) is 1.47. The number of aromatic nitrogens is 1. The zero-order valence-electron chi connectivity index (χ0n) is 16.0. The van der Waals surface area contributed by atoms with Crippen molar-refractivity contribution in [3.63, 3.8) is 0 Å². The number of rotatable bonds is 7. The summed E-state index contributed by atoms with van der Waals surface area (Å²) in [6.45, 7) is 0.653. The van der Waals surface area contributed by atoms with E-state index in [1.54, 1.807) is 17.0 Å². The SMILES string of the molecule is COc1cc(C(=O)N2CCOC(COc3ccc(F)cc3)(CC(N)=O)C2)ccn1. The van der Waals surface area contributed by atoms with Crippen LogP contribution in [0.25, 0.3) is 0 Å². The van der Waals surface area contributed by atoms with Crippen molar-refractivity contribution >= 4 is 11.8 Å². The van der Waals surface area contributed by atoms with Crippen molar-refractivity contribution < 1.29 is 28.2 Å². The summed E-state index contributed by atoms with van der Waals surface area (Å²) in [5.41, 5.74) is 4.72. The molecule has 1 fully saturated rings. The lowest BCUT2D eigenvalue weighted by molar-refractivity contribution is -0.142. The number of amides is 2. The zero-order valence-corrected chi connectivity index (χ0v) is 16.0. The fourth-order valence-electron chi connectivity index (χ4n) is 3.16. The van der Waals surface area contributed by atoms with Crippen LogP contribution in [0, 0.1) is 5.82 Å². The van der Waals surface area contributed by atoms with Crippen LogP contribution in [0.2, 0.25) is 0 Å². The van der Waals surface area contributed by atoms with Gasteiger partial charge in [-0.05, 0) is 30.3 Å². The molecule has 0 bridgehead atoms.